The Kier molecular flexibility index (Phi) is 15.6. The van der Waals surface area contributed by atoms with Gasteiger partial charge in [-0.2, -0.15) is 0 Å². The van der Waals surface area contributed by atoms with Crippen LogP contribution in [0.5, 0.6) is 0 Å². The lowest BCUT2D eigenvalue weighted by atomic mass is 9.88. The van der Waals surface area contributed by atoms with Crippen molar-refractivity contribution in [3.63, 3.8) is 0 Å². The molecule has 68 heavy (non-hydrogen) atoms. The minimum atomic E-state index is -2.65. The monoisotopic (exact) mass is 932 g/mol. The van der Waals surface area contributed by atoms with E-state index in [1.165, 1.54) is 0 Å². The van der Waals surface area contributed by atoms with Gasteiger partial charge in [0.25, 0.3) is 23.0 Å². The maximum atomic E-state index is 14.0. The number of hydrogen-bond donors (Lipinski definition) is 1. The Balaban J connectivity index is 0.000000189. The van der Waals surface area contributed by atoms with Gasteiger partial charge >= 0.3 is 0 Å². The molecule has 1 amide bonds. The number of carbonyl (C=O) groups is 1. The van der Waals surface area contributed by atoms with Crippen LogP contribution in [0.4, 0.5) is 17.6 Å². The zero-order valence-electron chi connectivity index (χ0n) is 39.3. The number of fused-ring (bicyclic) bond motifs is 2. The van der Waals surface area contributed by atoms with Crippen LogP contribution in [0.15, 0.2) is 131 Å². The lowest BCUT2D eigenvalue weighted by molar-refractivity contribution is -0.138. The predicted octanol–water partition coefficient (Wildman–Crippen LogP) is 10.0. The molecule has 6 aromatic rings. The van der Waals surface area contributed by atoms with E-state index in [0.29, 0.717) is 43.9 Å². The van der Waals surface area contributed by atoms with Gasteiger partial charge in [-0.05, 0) is 59.0 Å². The van der Waals surface area contributed by atoms with Gasteiger partial charge in [-0.25, -0.2) is 17.6 Å². The zero-order chi connectivity index (χ0) is 47.8. The van der Waals surface area contributed by atoms with Gasteiger partial charge in [0.15, 0.2) is 0 Å². The van der Waals surface area contributed by atoms with Gasteiger partial charge in [-0.3, -0.25) is 24.2 Å². The van der Waals surface area contributed by atoms with Crippen molar-refractivity contribution in [3.8, 4) is 0 Å². The van der Waals surface area contributed by atoms with Crippen LogP contribution in [0.1, 0.15) is 92.1 Å². The van der Waals surface area contributed by atoms with Crippen molar-refractivity contribution in [3.05, 3.63) is 164 Å². The van der Waals surface area contributed by atoms with Crippen molar-refractivity contribution < 1.29 is 22.4 Å². The Hall–Kier alpha value is -5.63. The van der Waals surface area contributed by atoms with Crippen LogP contribution in [0.2, 0.25) is 0 Å². The lowest BCUT2D eigenvalue weighted by Crippen LogP contribution is -2.47. The highest BCUT2D eigenvalue weighted by Gasteiger charge is 2.39. The van der Waals surface area contributed by atoms with Crippen LogP contribution >= 0.6 is 0 Å². The predicted molar refractivity (Wildman–Crippen MR) is 262 cm³/mol. The molecule has 1 N–H and O–H groups in total. The van der Waals surface area contributed by atoms with Gasteiger partial charge in [-0.15, -0.1) is 0 Å². The molecule has 4 heterocycles. The average molecular weight is 933 g/mol. The highest BCUT2D eigenvalue weighted by Crippen LogP contribution is 2.35. The number of aryl methyl sites for hydroxylation is 2. The number of hydrogen-bond acceptors (Lipinski definition) is 6. The molecule has 9 nitrogen and oxygen atoms in total. The van der Waals surface area contributed by atoms with Crippen molar-refractivity contribution >= 4 is 27.7 Å². The largest absolute Gasteiger partial charge is 0.336 e. The quantitative estimate of drug-likeness (QED) is 0.116. The molecule has 1 saturated carbocycles. The van der Waals surface area contributed by atoms with Crippen LogP contribution in [-0.2, 0) is 32.0 Å². The van der Waals surface area contributed by atoms with Crippen molar-refractivity contribution in [2.45, 2.75) is 94.8 Å². The number of alkyl halides is 4. The van der Waals surface area contributed by atoms with Gasteiger partial charge in [0.05, 0.1) is 23.6 Å². The maximum absolute atomic E-state index is 14.0. The minimum Gasteiger partial charge on any atom is -0.336 e. The summed E-state index contributed by atoms with van der Waals surface area (Å²) in [6, 6.07) is 39.0. The molecule has 9 rings (SSSR count). The minimum absolute atomic E-state index is 0.00777. The van der Waals surface area contributed by atoms with Crippen LogP contribution in [0.25, 0.3) is 21.8 Å². The molecule has 2 aromatic heterocycles. The molecule has 2 saturated heterocycles. The molecule has 3 fully saturated rings. The summed E-state index contributed by atoms with van der Waals surface area (Å²) < 4.78 is 58.7. The fourth-order valence-electron chi connectivity index (χ4n) is 10.4. The number of likely N-dealkylation sites (tertiary alicyclic amines) is 2. The second-order valence-corrected chi connectivity index (χ2v) is 19.0. The topological polar surface area (TPSA) is 82.8 Å². The van der Waals surface area contributed by atoms with Crippen molar-refractivity contribution in [2.24, 2.45) is 20.0 Å². The summed E-state index contributed by atoms with van der Waals surface area (Å²) in [5, 5.41) is 5.38. The van der Waals surface area contributed by atoms with Gasteiger partial charge in [0.2, 0.25) is 5.91 Å². The van der Waals surface area contributed by atoms with E-state index in [0.717, 1.165) is 65.0 Å². The summed E-state index contributed by atoms with van der Waals surface area (Å²) in [4.78, 5) is 46.2. The summed E-state index contributed by atoms with van der Waals surface area (Å²) in [5.74, 6) is -5.20. The SMILES string of the molecule is Cn1c(=O)c(CN(CC(c2ccccc2)N2CCC(F)(F)CC2)C(=O)C2CCCCC2)cc2ccccc21.Cn1c(=O)c(CNCC(c2ccccc2)N2CCC(F)(F)CC2)cc2ccccc21. The van der Waals surface area contributed by atoms with Crippen molar-refractivity contribution in [1.82, 2.24) is 29.2 Å². The Bertz CT molecular complexity index is 2740. The third-order valence-electron chi connectivity index (χ3n) is 14.4. The number of amides is 1. The number of carbonyl (C=O) groups excluding carboxylic acids is 1. The highest BCUT2D eigenvalue weighted by molar-refractivity contribution is 5.81. The number of halogens is 4. The third-order valence-corrected chi connectivity index (χ3v) is 14.4. The molecule has 4 aromatic carbocycles. The zero-order valence-corrected chi connectivity index (χ0v) is 39.3. The molecule has 360 valence electrons. The van der Waals surface area contributed by atoms with Gasteiger partial charge in [0, 0.05) is 109 Å². The molecule has 0 spiro atoms. The number of benzene rings is 4. The van der Waals surface area contributed by atoms with E-state index in [1.807, 2.05) is 126 Å². The molecule has 3 aliphatic rings. The number of pyridine rings is 2. The summed E-state index contributed by atoms with van der Waals surface area (Å²) in [7, 11) is 3.55. The van der Waals surface area contributed by atoms with E-state index in [2.05, 4.69) is 15.1 Å². The Labute approximate surface area is 396 Å². The van der Waals surface area contributed by atoms with E-state index in [9.17, 15) is 31.9 Å². The number of nitrogens with one attached hydrogen (secondary N) is 1. The average Bonchev–Trinajstić information content (AvgIpc) is 3.36. The molecule has 2 aliphatic heterocycles. The first-order valence-corrected chi connectivity index (χ1v) is 24.3. The Morgan fingerprint density at radius 2 is 1.06 bits per heavy atom. The summed E-state index contributed by atoms with van der Waals surface area (Å²) in [6.45, 7) is 2.88. The normalized spacial score (nSPS) is 18.7. The van der Waals surface area contributed by atoms with E-state index in [4.69, 9.17) is 0 Å². The smallest absolute Gasteiger partial charge is 0.255 e. The number of aromatic nitrogens is 2. The van der Waals surface area contributed by atoms with E-state index in [1.54, 1.807) is 23.2 Å². The second kappa shape index (κ2) is 21.8. The van der Waals surface area contributed by atoms with Crippen LogP contribution < -0.4 is 16.4 Å². The lowest BCUT2D eigenvalue weighted by Gasteiger charge is -2.40. The highest BCUT2D eigenvalue weighted by atomic mass is 19.3. The maximum Gasteiger partial charge on any atom is 0.255 e. The van der Waals surface area contributed by atoms with Crippen LogP contribution in [0, 0.1) is 5.92 Å². The first-order chi connectivity index (χ1) is 32.8. The van der Waals surface area contributed by atoms with E-state index in [-0.39, 0.29) is 80.3 Å². The van der Waals surface area contributed by atoms with Crippen LogP contribution in [-0.4, -0.2) is 80.9 Å². The molecule has 13 heteroatoms. The van der Waals surface area contributed by atoms with Crippen molar-refractivity contribution in [2.75, 3.05) is 39.3 Å². The standard InChI is InChI=1S/C31H37F2N3O2.C24H27F2N3O/c1-34-27-15-9-8-14-25(27)20-26(29(34)37)21-36(30(38)24-12-6-3-7-13-24)22-28(23-10-4-2-5-11-23)35-18-16-31(32,33)17-19-35;1-28-21-10-6-5-9-19(21)15-20(23(28)30)16-27-17-22(18-7-3-2-4-8-18)29-13-11-24(25,26)12-14-29/h2,4-5,8-11,14-15,20,24,28H,3,6-7,12-13,16-19,21-22H2,1H3;2-10,15,22,27H,11-14,16-17H2,1H3. The summed E-state index contributed by atoms with van der Waals surface area (Å²) in [6.07, 6.45) is 4.34. The van der Waals surface area contributed by atoms with Gasteiger partial charge in [-0.1, -0.05) is 116 Å². The first-order valence-electron chi connectivity index (χ1n) is 24.3. The number of para-hydroxylation sites is 2. The molecule has 2 unspecified atom stereocenters. The fraction of sp³-hybridized carbons (Fsp3) is 0.436. The van der Waals surface area contributed by atoms with Gasteiger partial charge in [0.1, 0.15) is 0 Å². The fourth-order valence-corrected chi connectivity index (χ4v) is 10.4. The first kappa shape index (κ1) is 48.8. The molecule has 0 bridgehead atoms. The summed E-state index contributed by atoms with van der Waals surface area (Å²) >= 11 is 0. The van der Waals surface area contributed by atoms with Gasteiger partial charge < -0.3 is 19.4 Å². The Morgan fingerprint density at radius 1 is 0.618 bits per heavy atom. The summed E-state index contributed by atoms with van der Waals surface area (Å²) in [5.41, 5.74) is 5.01. The number of piperidine rings is 2. The van der Waals surface area contributed by atoms with E-state index < -0.39 is 11.8 Å². The molecular weight excluding hydrogens is 869 g/mol. The third kappa shape index (κ3) is 11.8. The second-order valence-electron chi connectivity index (χ2n) is 19.0. The molecule has 1 aliphatic carbocycles. The van der Waals surface area contributed by atoms with Crippen LogP contribution in [0.3, 0.4) is 0 Å². The molecule has 0 radical (unpaired) electrons. The Morgan fingerprint density at radius 3 is 1.59 bits per heavy atom. The molecule has 2 atom stereocenters. The number of nitrogens with zero attached hydrogens (tertiary/aromatic N) is 5. The number of rotatable bonds is 13. The van der Waals surface area contributed by atoms with E-state index >= 15 is 0 Å². The van der Waals surface area contributed by atoms with Crippen molar-refractivity contribution in [1.29, 1.82) is 0 Å². The molecular formula is C55H64F4N6O3.